The lowest BCUT2D eigenvalue weighted by molar-refractivity contribution is 0.294. The molecule has 0 spiro atoms. The molecule has 0 aliphatic carbocycles. The Balaban J connectivity index is 0. The maximum Gasteiger partial charge on any atom is 0.0128 e. The third-order valence-corrected chi connectivity index (χ3v) is 4.91. The molecular formula is C21H44ClN. The molecule has 0 aromatic carbocycles. The van der Waals surface area contributed by atoms with Crippen LogP contribution in [0, 0.1) is 5.92 Å². The molecule has 140 valence electrons. The SMILES string of the molecule is C=CCC(CCCCCCCCCCCCCC)C(C)(C)N.Cl. The number of hydrogen-bond donors (Lipinski definition) is 1. The van der Waals surface area contributed by atoms with Gasteiger partial charge in [-0.05, 0) is 32.6 Å². The van der Waals surface area contributed by atoms with Crippen molar-refractivity contribution >= 4 is 12.4 Å². The molecule has 2 N–H and O–H groups in total. The largest absolute Gasteiger partial charge is 0.325 e. The van der Waals surface area contributed by atoms with E-state index in [9.17, 15) is 0 Å². The van der Waals surface area contributed by atoms with Gasteiger partial charge in [0.15, 0.2) is 0 Å². The van der Waals surface area contributed by atoms with E-state index in [2.05, 4.69) is 27.4 Å². The summed E-state index contributed by atoms with van der Waals surface area (Å²) in [5.41, 5.74) is 6.19. The maximum atomic E-state index is 6.26. The third-order valence-electron chi connectivity index (χ3n) is 4.91. The van der Waals surface area contributed by atoms with Crippen molar-refractivity contribution in [3.8, 4) is 0 Å². The zero-order valence-corrected chi connectivity index (χ0v) is 17.1. The minimum Gasteiger partial charge on any atom is -0.325 e. The summed E-state index contributed by atoms with van der Waals surface area (Å²) in [6, 6.07) is 0. The van der Waals surface area contributed by atoms with Gasteiger partial charge in [-0.15, -0.1) is 19.0 Å². The highest BCUT2D eigenvalue weighted by atomic mass is 35.5. The number of unbranched alkanes of at least 4 members (excludes halogenated alkanes) is 11. The Hall–Kier alpha value is -0.0100. The molecule has 0 fully saturated rings. The molecule has 0 rings (SSSR count). The summed E-state index contributed by atoms with van der Waals surface area (Å²) >= 11 is 0. The van der Waals surface area contributed by atoms with E-state index in [1.807, 2.05) is 6.08 Å². The molecule has 1 atom stereocenters. The van der Waals surface area contributed by atoms with Crippen molar-refractivity contribution in [3.05, 3.63) is 12.7 Å². The second-order valence-corrected chi connectivity index (χ2v) is 7.72. The van der Waals surface area contributed by atoms with Gasteiger partial charge in [-0.25, -0.2) is 0 Å². The van der Waals surface area contributed by atoms with Crippen LogP contribution in [-0.2, 0) is 0 Å². The topological polar surface area (TPSA) is 26.0 Å². The predicted octanol–water partition coefficient (Wildman–Crippen LogP) is 7.43. The van der Waals surface area contributed by atoms with Gasteiger partial charge < -0.3 is 5.73 Å². The summed E-state index contributed by atoms with van der Waals surface area (Å²) in [7, 11) is 0. The summed E-state index contributed by atoms with van der Waals surface area (Å²) in [6.07, 6.45) is 21.3. The Kier molecular flexibility index (Phi) is 18.5. The molecule has 0 heterocycles. The van der Waals surface area contributed by atoms with E-state index < -0.39 is 0 Å². The number of rotatable bonds is 16. The molecule has 0 radical (unpaired) electrons. The summed E-state index contributed by atoms with van der Waals surface area (Å²) in [6.45, 7) is 10.5. The van der Waals surface area contributed by atoms with E-state index in [0.29, 0.717) is 5.92 Å². The minimum absolute atomic E-state index is 0. The first-order valence-corrected chi connectivity index (χ1v) is 9.92. The fraction of sp³-hybridized carbons (Fsp3) is 0.905. The van der Waals surface area contributed by atoms with Gasteiger partial charge in [-0.3, -0.25) is 0 Å². The highest BCUT2D eigenvalue weighted by molar-refractivity contribution is 5.85. The van der Waals surface area contributed by atoms with E-state index in [-0.39, 0.29) is 17.9 Å². The fourth-order valence-corrected chi connectivity index (χ4v) is 3.23. The van der Waals surface area contributed by atoms with Crippen LogP contribution in [0.5, 0.6) is 0 Å². The van der Waals surface area contributed by atoms with Crippen LogP contribution in [0.1, 0.15) is 111 Å². The first-order chi connectivity index (χ1) is 10.5. The van der Waals surface area contributed by atoms with Crippen molar-refractivity contribution in [1.82, 2.24) is 0 Å². The second kappa shape index (κ2) is 16.8. The zero-order chi connectivity index (χ0) is 16.7. The van der Waals surface area contributed by atoms with E-state index in [1.165, 1.54) is 83.5 Å². The van der Waals surface area contributed by atoms with Gasteiger partial charge in [0, 0.05) is 5.54 Å². The van der Waals surface area contributed by atoms with Crippen LogP contribution in [0.2, 0.25) is 0 Å². The van der Waals surface area contributed by atoms with Gasteiger partial charge in [0.25, 0.3) is 0 Å². The van der Waals surface area contributed by atoms with Crippen molar-refractivity contribution in [1.29, 1.82) is 0 Å². The molecular weight excluding hydrogens is 302 g/mol. The van der Waals surface area contributed by atoms with Gasteiger partial charge in [0.1, 0.15) is 0 Å². The average Bonchev–Trinajstić information content (AvgIpc) is 2.46. The second-order valence-electron chi connectivity index (χ2n) is 7.72. The van der Waals surface area contributed by atoms with Crippen LogP contribution < -0.4 is 5.73 Å². The Morgan fingerprint density at radius 3 is 1.57 bits per heavy atom. The van der Waals surface area contributed by atoms with Crippen LogP contribution in [0.25, 0.3) is 0 Å². The van der Waals surface area contributed by atoms with Crippen molar-refractivity contribution < 1.29 is 0 Å². The molecule has 1 nitrogen and oxygen atoms in total. The molecule has 0 aromatic heterocycles. The first kappa shape index (κ1) is 25.2. The lowest BCUT2D eigenvalue weighted by Gasteiger charge is -2.29. The van der Waals surface area contributed by atoms with E-state index in [0.717, 1.165) is 6.42 Å². The highest BCUT2D eigenvalue weighted by Crippen LogP contribution is 2.24. The molecule has 0 saturated carbocycles. The zero-order valence-electron chi connectivity index (χ0n) is 16.2. The number of allylic oxidation sites excluding steroid dienone is 1. The standard InChI is InChI=1S/C21H43N.ClH/c1-5-7-8-9-10-11-12-13-14-15-16-17-19-20(18-6-2)21(3,4)22;/h6,20H,2,5,7-19,22H2,1,3-4H3;1H. The van der Waals surface area contributed by atoms with Crippen LogP contribution in [0.15, 0.2) is 12.7 Å². The summed E-state index contributed by atoms with van der Waals surface area (Å²) < 4.78 is 0. The molecule has 0 aliphatic heterocycles. The molecule has 0 saturated heterocycles. The number of nitrogens with two attached hydrogens (primary N) is 1. The highest BCUT2D eigenvalue weighted by Gasteiger charge is 2.22. The lowest BCUT2D eigenvalue weighted by atomic mass is 9.82. The first-order valence-electron chi connectivity index (χ1n) is 9.92. The molecule has 0 amide bonds. The summed E-state index contributed by atoms with van der Waals surface area (Å²) in [4.78, 5) is 0. The molecule has 2 heteroatoms. The van der Waals surface area contributed by atoms with Gasteiger partial charge in [-0.2, -0.15) is 0 Å². The van der Waals surface area contributed by atoms with Crippen molar-refractivity contribution in [2.45, 2.75) is 116 Å². The summed E-state index contributed by atoms with van der Waals surface area (Å²) in [5, 5.41) is 0. The van der Waals surface area contributed by atoms with Gasteiger partial charge in [-0.1, -0.05) is 90.0 Å². The van der Waals surface area contributed by atoms with Crippen molar-refractivity contribution in [2.75, 3.05) is 0 Å². The number of halogens is 1. The predicted molar refractivity (Wildman–Crippen MR) is 110 cm³/mol. The Morgan fingerprint density at radius 1 is 0.826 bits per heavy atom. The summed E-state index contributed by atoms with van der Waals surface area (Å²) in [5.74, 6) is 0.591. The van der Waals surface area contributed by atoms with E-state index in [1.54, 1.807) is 0 Å². The van der Waals surface area contributed by atoms with Gasteiger partial charge >= 0.3 is 0 Å². The van der Waals surface area contributed by atoms with Crippen molar-refractivity contribution in [3.63, 3.8) is 0 Å². The molecule has 23 heavy (non-hydrogen) atoms. The molecule has 1 unspecified atom stereocenters. The van der Waals surface area contributed by atoms with Gasteiger partial charge in [0.05, 0.1) is 0 Å². The number of hydrogen-bond acceptors (Lipinski definition) is 1. The van der Waals surface area contributed by atoms with E-state index in [4.69, 9.17) is 5.73 Å². The minimum atomic E-state index is -0.0635. The van der Waals surface area contributed by atoms with Crippen molar-refractivity contribution in [2.24, 2.45) is 11.7 Å². The Labute approximate surface area is 153 Å². The van der Waals surface area contributed by atoms with Crippen LogP contribution in [-0.4, -0.2) is 5.54 Å². The van der Waals surface area contributed by atoms with Crippen LogP contribution in [0.3, 0.4) is 0 Å². The third kappa shape index (κ3) is 16.6. The maximum absolute atomic E-state index is 6.26. The molecule has 0 bridgehead atoms. The molecule has 0 aliphatic rings. The lowest BCUT2D eigenvalue weighted by Crippen LogP contribution is -2.40. The average molecular weight is 346 g/mol. The Bertz CT molecular complexity index is 245. The van der Waals surface area contributed by atoms with Crippen LogP contribution in [0.4, 0.5) is 0 Å². The smallest absolute Gasteiger partial charge is 0.0128 e. The van der Waals surface area contributed by atoms with E-state index >= 15 is 0 Å². The quantitative estimate of drug-likeness (QED) is 0.228. The molecule has 0 aromatic rings. The normalized spacial score (nSPS) is 12.7. The fourth-order valence-electron chi connectivity index (χ4n) is 3.23. The Morgan fingerprint density at radius 2 is 1.22 bits per heavy atom. The van der Waals surface area contributed by atoms with Crippen LogP contribution >= 0.6 is 12.4 Å². The monoisotopic (exact) mass is 345 g/mol. The van der Waals surface area contributed by atoms with Gasteiger partial charge in [0.2, 0.25) is 0 Å².